The fourth-order valence-corrected chi connectivity index (χ4v) is 2.47. The first-order chi connectivity index (χ1) is 8.39. The highest BCUT2D eigenvalue weighted by Crippen LogP contribution is 2.32. The van der Waals surface area contributed by atoms with Gasteiger partial charge in [-0.25, -0.2) is 13.6 Å². The lowest BCUT2D eigenvalue weighted by Gasteiger charge is -2.07. The maximum absolute atomic E-state index is 11.2. The van der Waals surface area contributed by atoms with Crippen LogP contribution in [0.4, 0.5) is 0 Å². The zero-order chi connectivity index (χ0) is 13.3. The van der Waals surface area contributed by atoms with Crippen LogP contribution in [0.2, 0.25) is 5.02 Å². The highest BCUT2D eigenvalue weighted by Gasteiger charge is 2.14. The summed E-state index contributed by atoms with van der Waals surface area (Å²) in [7, 11) is -3.93. The molecule has 0 amide bonds. The molecule has 0 bridgehead atoms. The molecule has 0 unspecified atom stereocenters. The number of benzene rings is 2. The molecular weight excluding hydrogens is 274 g/mol. The van der Waals surface area contributed by atoms with E-state index in [9.17, 15) is 13.5 Å². The van der Waals surface area contributed by atoms with Crippen molar-refractivity contribution in [1.82, 2.24) is 0 Å². The van der Waals surface area contributed by atoms with Gasteiger partial charge in [0, 0.05) is 10.6 Å². The van der Waals surface area contributed by atoms with Gasteiger partial charge >= 0.3 is 0 Å². The van der Waals surface area contributed by atoms with Gasteiger partial charge in [-0.15, -0.1) is 0 Å². The summed E-state index contributed by atoms with van der Waals surface area (Å²) in [6.07, 6.45) is 0. The smallest absolute Gasteiger partial charge is 0.241 e. The van der Waals surface area contributed by atoms with Gasteiger partial charge in [-0.3, -0.25) is 0 Å². The zero-order valence-electron chi connectivity index (χ0n) is 9.17. The first kappa shape index (κ1) is 12.9. The van der Waals surface area contributed by atoms with E-state index < -0.39 is 15.8 Å². The van der Waals surface area contributed by atoms with Gasteiger partial charge < -0.3 is 5.11 Å². The van der Waals surface area contributed by atoms with Crippen LogP contribution in [0.3, 0.4) is 0 Å². The largest absolute Gasteiger partial charge is 0.507 e. The average Bonchev–Trinajstić information content (AvgIpc) is 2.27. The fraction of sp³-hybridized carbons (Fsp3) is 0. The SMILES string of the molecule is NS(=O)(=O)c1ccc(-c2ccccc2Cl)cc1O. The molecule has 4 nitrogen and oxygen atoms in total. The van der Waals surface area contributed by atoms with E-state index in [1.165, 1.54) is 12.1 Å². The first-order valence-electron chi connectivity index (χ1n) is 5.00. The Morgan fingerprint density at radius 1 is 1.11 bits per heavy atom. The Labute approximate surface area is 110 Å². The molecule has 0 saturated heterocycles. The highest BCUT2D eigenvalue weighted by atomic mass is 35.5. The molecule has 2 rings (SSSR count). The molecule has 0 aliphatic carbocycles. The van der Waals surface area contributed by atoms with Crippen molar-refractivity contribution in [2.24, 2.45) is 5.14 Å². The van der Waals surface area contributed by atoms with Crippen LogP contribution in [0.25, 0.3) is 11.1 Å². The number of nitrogens with two attached hydrogens (primary N) is 1. The van der Waals surface area contributed by atoms with Crippen LogP contribution in [0.1, 0.15) is 0 Å². The Morgan fingerprint density at radius 3 is 2.33 bits per heavy atom. The lowest BCUT2D eigenvalue weighted by molar-refractivity contribution is 0.459. The van der Waals surface area contributed by atoms with Crippen LogP contribution in [0.5, 0.6) is 5.75 Å². The number of hydrogen-bond acceptors (Lipinski definition) is 3. The van der Waals surface area contributed by atoms with Crippen molar-refractivity contribution in [3.63, 3.8) is 0 Å². The van der Waals surface area contributed by atoms with Gasteiger partial charge in [0.05, 0.1) is 0 Å². The monoisotopic (exact) mass is 283 g/mol. The molecule has 0 spiro atoms. The standard InChI is InChI=1S/C12H10ClNO3S/c13-10-4-2-1-3-9(10)8-5-6-12(11(15)7-8)18(14,16)17/h1-7,15H,(H2,14,16,17). The van der Waals surface area contributed by atoms with Crippen LogP contribution in [-0.4, -0.2) is 13.5 Å². The second-order valence-corrected chi connectivity index (χ2v) is 5.64. The third kappa shape index (κ3) is 2.48. The summed E-state index contributed by atoms with van der Waals surface area (Å²) in [5, 5.41) is 15.2. The van der Waals surface area contributed by atoms with E-state index in [0.717, 1.165) is 0 Å². The van der Waals surface area contributed by atoms with Crippen molar-refractivity contribution in [2.75, 3.05) is 0 Å². The molecule has 0 aromatic heterocycles. The van der Waals surface area contributed by atoms with Gasteiger partial charge in [-0.1, -0.05) is 35.9 Å². The van der Waals surface area contributed by atoms with Crippen molar-refractivity contribution in [3.8, 4) is 16.9 Å². The Balaban J connectivity index is 2.58. The minimum atomic E-state index is -3.93. The molecule has 2 aromatic carbocycles. The second-order valence-electron chi connectivity index (χ2n) is 3.71. The summed E-state index contributed by atoms with van der Waals surface area (Å²) >= 11 is 6.02. The van der Waals surface area contributed by atoms with Crippen molar-refractivity contribution in [3.05, 3.63) is 47.5 Å². The Kier molecular flexibility index (Phi) is 3.30. The molecular formula is C12H10ClNO3S. The maximum Gasteiger partial charge on any atom is 0.241 e. The average molecular weight is 284 g/mol. The first-order valence-corrected chi connectivity index (χ1v) is 6.93. The van der Waals surface area contributed by atoms with Gasteiger partial charge in [0.25, 0.3) is 0 Å². The lowest BCUT2D eigenvalue weighted by atomic mass is 10.1. The number of aromatic hydroxyl groups is 1. The van der Waals surface area contributed by atoms with E-state index in [4.69, 9.17) is 16.7 Å². The number of hydrogen-bond donors (Lipinski definition) is 2. The van der Waals surface area contributed by atoms with E-state index in [1.54, 1.807) is 30.3 Å². The summed E-state index contributed by atoms with van der Waals surface area (Å²) in [5.74, 6) is -0.394. The Bertz CT molecular complexity index is 698. The van der Waals surface area contributed by atoms with Crippen molar-refractivity contribution < 1.29 is 13.5 Å². The van der Waals surface area contributed by atoms with E-state index >= 15 is 0 Å². The number of primary sulfonamides is 1. The number of phenols is 1. The molecule has 0 aliphatic heterocycles. The Hall–Kier alpha value is -1.56. The maximum atomic E-state index is 11.2. The van der Waals surface area contributed by atoms with E-state index in [0.29, 0.717) is 16.1 Å². The van der Waals surface area contributed by atoms with Gasteiger partial charge in [-0.05, 0) is 23.8 Å². The summed E-state index contributed by atoms with van der Waals surface area (Å²) in [6.45, 7) is 0. The second kappa shape index (κ2) is 4.61. The third-order valence-electron chi connectivity index (χ3n) is 2.45. The molecule has 0 heterocycles. The minimum absolute atomic E-state index is 0.307. The summed E-state index contributed by atoms with van der Waals surface area (Å²) in [6, 6.07) is 11.2. The van der Waals surface area contributed by atoms with Crippen LogP contribution < -0.4 is 5.14 Å². The van der Waals surface area contributed by atoms with Crippen molar-refractivity contribution in [2.45, 2.75) is 4.90 Å². The molecule has 3 N–H and O–H groups in total. The minimum Gasteiger partial charge on any atom is -0.507 e. The van der Waals surface area contributed by atoms with Gasteiger partial charge in [-0.2, -0.15) is 0 Å². The van der Waals surface area contributed by atoms with Gasteiger partial charge in [0.1, 0.15) is 10.6 Å². The predicted molar refractivity (Wildman–Crippen MR) is 69.9 cm³/mol. The number of sulfonamides is 1. The third-order valence-corrected chi connectivity index (χ3v) is 3.74. The summed E-state index contributed by atoms with van der Waals surface area (Å²) in [5.41, 5.74) is 1.32. The van der Waals surface area contributed by atoms with Crippen LogP contribution in [0.15, 0.2) is 47.4 Å². The highest BCUT2D eigenvalue weighted by molar-refractivity contribution is 7.89. The molecule has 0 aliphatic rings. The molecule has 0 saturated carbocycles. The number of phenolic OH excluding ortho intramolecular Hbond substituents is 1. The molecule has 94 valence electrons. The van der Waals surface area contributed by atoms with Crippen LogP contribution >= 0.6 is 11.6 Å². The van der Waals surface area contributed by atoms with Crippen molar-refractivity contribution in [1.29, 1.82) is 0 Å². The molecule has 0 radical (unpaired) electrons. The molecule has 0 atom stereocenters. The molecule has 6 heteroatoms. The van der Waals surface area contributed by atoms with E-state index in [2.05, 4.69) is 0 Å². The zero-order valence-corrected chi connectivity index (χ0v) is 10.7. The number of halogens is 1. The van der Waals surface area contributed by atoms with Crippen LogP contribution in [0, 0.1) is 0 Å². The van der Waals surface area contributed by atoms with Gasteiger partial charge in [0.15, 0.2) is 0 Å². The van der Waals surface area contributed by atoms with E-state index in [-0.39, 0.29) is 4.90 Å². The Morgan fingerprint density at radius 2 is 1.78 bits per heavy atom. The van der Waals surface area contributed by atoms with Crippen LogP contribution in [-0.2, 0) is 10.0 Å². The van der Waals surface area contributed by atoms with E-state index in [1.807, 2.05) is 0 Å². The number of rotatable bonds is 2. The quantitative estimate of drug-likeness (QED) is 0.888. The molecule has 2 aromatic rings. The lowest BCUT2D eigenvalue weighted by Crippen LogP contribution is -2.12. The summed E-state index contributed by atoms with van der Waals surface area (Å²) < 4.78 is 22.3. The van der Waals surface area contributed by atoms with Gasteiger partial charge in [0.2, 0.25) is 10.0 Å². The van der Waals surface area contributed by atoms with Crippen molar-refractivity contribution >= 4 is 21.6 Å². The molecule has 0 fully saturated rings. The molecule has 18 heavy (non-hydrogen) atoms. The predicted octanol–water partition coefficient (Wildman–Crippen LogP) is 2.36. The normalized spacial score (nSPS) is 11.4. The fourth-order valence-electron chi connectivity index (χ4n) is 1.62. The topological polar surface area (TPSA) is 80.4 Å². The summed E-state index contributed by atoms with van der Waals surface area (Å²) in [4.78, 5) is -0.307.